The van der Waals surface area contributed by atoms with Gasteiger partial charge in [-0.15, -0.1) is 0 Å². The molecule has 110 valence electrons. The maximum Gasteiger partial charge on any atom is 0.253 e. The zero-order chi connectivity index (χ0) is 14.7. The lowest BCUT2D eigenvalue weighted by Gasteiger charge is -2.32. The number of benzene rings is 1. The highest BCUT2D eigenvalue weighted by molar-refractivity contribution is 5.97. The lowest BCUT2D eigenvalue weighted by molar-refractivity contribution is 0.0706. The molecule has 1 N–H and O–H groups in total. The van der Waals surface area contributed by atoms with Crippen LogP contribution in [0.4, 0.5) is 0 Å². The van der Waals surface area contributed by atoms with Gasteiger partial charge in [0.1, 0.15) is 0 Å². The minimum absolute atomic E-state index is 0.0949. The van der Waals surface area contributed by atoms with Gasteiger partial charge in [0, 0.05) is 37.1 Å². The standard InChI is InChI=1S/C16H20N4O/c1-2-17-13-5-9-20(10-6-13)16(21)12-3-4-14-15(11-12)19-8-7-18-14/h3-4,7-8,11,13,17H,2,5-6,9-10H2,1H3. The van der Waals surface area contributed by atoms with Crippen LogP contribution in [-0.2, 0) is 0 Å². The molecule has 5 nitrogen and oxygen atoms in total. The number of aromatic nitrogens is 2. The van der Waals surface area contributed by atoms with Gasteiger partial charge in [0.05, 0.1) is 11.0 Å². The smallest absolute Gasteiger partial charge is 0.253 e. The van der Waals surface area contributed by atoms with Gasteiger partial charge in [0.2, 0.25) is 0 Å². The Hall–Kier alpha value is -2.01. The number of nitrogens with zero attached hydrogens (tertiary/aromatic N) is 3. The van der Waals surface area contributed by atoms with Crippen LogP contribution >= 0.6 is 0 Å². The summed E-state index contributed by atoms with van der Waals surface area (Å²) in [4.78, 5) is 23.0. The topological polar surface area (TPSA) is 58.1 Å². The molecule has 3 rings (SSSR count). The quantitative estimate of drug-likeness (QED) is 0.934. The highest BCUT2D eigenvalue weighted by Gasteiger charge is 2.23. The van der Waals surface area contributed by atoms with Crippen LogP contribution in [0.2, 0.25) is 0 Å². The van der Waals surface area contributed by atoms with Crippen LogP contribution in [0.3, 0.4) is 0 Å². The molecule has 2 aromatic rings. The van der Waals surface area contributed by atoms with Crippen LogP contribution in [-0.4, -0.2) is 46.5 Å². The Bertz CT molecular complexity index is 635. The monoisotopic (exact) mass is 284 g/mol. The third kappa shape index (κ3) is 3.03. The molecule has 0 spiro atoms. The second kappa shape index (κ2) is 6.18. The molecule has 1 aliphatic rings. The molecular weight excluding hydrogens is 264 g/mol. The Morgan fingerprint density at radius 2 is 1.95 bits per heavy atom. The third-order valence-corrected chi connectivity index (χ3v) is 3.99. The lowest BCUT2D eigenvalue weighted by atomic mass is 10.0. The van der Waals surface area contributed by atoms with Crippen LogP contribution in [0.15, 0.2) is 30.6 Å². The van der Waals surface area contributed by atoms with Gasteiger partial charge in [-0.2, -0.15) is 0 Å². The van der Waals surface area contributed by atoms with Crippen LogP contribution < -0.4 is 5.32 Å². The van der Waals surface area contributed by atoms with E-state index in [0.29, 0.717) is 11.6 Å². The molecule has 0 atom stereocenters. The van der Waals surface area contributed by atoms with E-state index < -0.39 is 0 Å². The third-order valence-electron chi connectivity index (χ3n) is 3.99. The number of fused-ring (bicyclic) bond motifs is 1. The summed E-state index contributed by atoms with van der Waals surface area (Å²) in [5.41, 5.74) is 2.29. The van der Waals surface area contributed by atoms with Gasteiger partial charge in [0.25, 0.3) is 5.91 Å². The van der Waals surface area contributed by atoms with Crippen molar-refractivity contribution >= 4 is 16.9 Å². The highest BCUT2D eigenvalue weighted by atomic mass is 16.2. The number of piperidine rings is 1. The number of hydrogen-bond donors (Lipinski definition) is 1. The zero-order valence-corrected chi connectivity index (χ0v) is 12.2. The van der Waals surface area contributed by atoms with Gasteiger partial charge < -0.3 is 10.2 Å². The van der Waals surface area contributed by atoms with Crippen molar-refractivity contribution in [1.82, 2.24) is 20.2 Å². The van der Waals surface area contributed by atoms with E-state index in [1.54, 1.807) is 12.4 Å². The number of nitrogens with one attached hydrogen (secondary N) is 1. The van der Waals surface area contributed by atoms with E-state index in [2.05, 4.69) is 22.2 Å². The Balaban J connectivity index is 1.72. The van der Waals surface area contributed by atoms with E-state index in [-0.39, 0.29) is 5.91 Å². The van der Waals surface area contributed by atoms with Gasteiger partial charge in [-0.3, -0.25) is 14.8 Å². The van der Waals surface area contributed by atoms with Crippen molar-refractivity contribution in [3.63, 3.8) is 0 Å². The maximum atomic E-state index is 12.6. The lowest BCUT2D eigenvalue weighted by Crippen LogP contribution is -2.44. The Labute approximate surface area is 124 Å². The van der Waals surface area contributed by atoms with E-state index >= 15 is 0 Å². The van der Waals surface area contributed by atoms with Crippen LogP contribution in [0.5, 0.6) is 0 Å². The van der Waals surface area contributed by atoms with Crippen molar-refractivity contribution in [3.05, 3.63) is 36.2 Å². The summed E-state index contributed by atoms with van der Waals surface area (Å²) in [6.07, 6.45) is 5.35. The predicted molar refractivity (Wildman–Crippen MR) is 82.1 cm³/mol. The molecular formula is C16H20N4O. The first-order valence-corrected chi connectivity index (χ1v) is 7.51. The minimum Gasteiger partial charge on any atom is -0.339 e. The predicted octanol–water partition coefficient (Wildman–Crippen LogP) is 1.84. The minimum atomic E-state index is 0.0949. The molecule has 1 fully saturated rings. The average molecular weight is 284 g/mol. The van der Waals surface area contributed by atoms with Crippen LogP contribution in [0.1, 0.15) is 30.1 Å². The number of amides is 1. The van der Waals surface area contributed by atoms with Gasteiger partial charge in [0.15, 0.2) is 0 Å². The molecule has 21 heavy (non-hydrogen) atoms. The molecule has 1 aliphatic heterocycles. The first-order chi connectivity index (χ1) is 10.3. The van der Waals surface area contributed by atoms with Crippen molar-refractivity contribution in [2.75, 3.05) is 19.6 Å². The van der Waals surface area contributed by atoms with Gasteiger partial charge >= 0.3 is 0 Å². The number of hydrogen-bond acceptors (Lipinski definition) is 4. The molecule has 1 amide bonds. The summed E-state index contributed by atoms with van der Waals surface area (Å²) in [7, 11) is 0. The summed E-state index contributed by atoms with van der Waals surface area (Å²) >= 11 is 0. The van der Waals surface area contributed by atoms with E-state index in [4.69, 9.17) is 0 Å². The number of carbonyl (C=O) groups is 1. The van der Waals surface area contributed by atoms with Crippen molar-refractivity contribution in [3.8, 4) is 0 Å². The molecule has 1 saturated heterocycles. The van der Waals surface area contributed by atoms with E-state index in [1.807, 2.05) is 23.1 Å². The summed E-state index contributed by atoms with van der Waals surface area (Å²) in [5.74, 6) is 0.0949. The average Bonchev–Trinajstić information content (AvgIpc) is 2.55. The Kier molecular flexibility index (Phi) is 4.10. The molecule has 2 heterocycles. The normalized spacial score (nSPS) is 16.3. The molecule has 0 radical (unpaired) electrons. The molecule has 1 aromatic heterocycles. The maximum absolute atomic E-state index is 12.6. The Morgan fingerprint density at radius 3 is 2.67 bits per heavy atom. The van der Waals surface area contributed by atoms with E-state index in [0.717, 1.165) is 43.5 Å². The SMILES string of the molecule is CCNC1CCN(C(=O)c2ccc3nccnc3c2)CC1. The van der Waals surface area contributed by atoms with Gasteiger partial charge in [-0.25, -0.2) is 0 Å². The second-order valence-corrected chi connectivity index (χ2v) is 5.38. The fourth-order valence-electron chi connectivity index (χ4n) is 2.85. The molecule has 5 heteroatoms. The second-order valence-electron chi connectivity index (χ2n) is 5.38. The largest absolute Gasteiger partial charge is 0.339 e. The highest BCUT2D eigenvalue weighted by Crippen LogP contribution is 2.16. The first-order valence-electron chi connectivity index (χ1n) is 7.51. The molecule has 1 aromatic carbocycles. The van der Waals surface area contributed by atoms with Crippen LogP contribution in [0, 0.1) is 0 Å². The number of rotatable bonds is 3. The molecule has 0 unspecified atom stereocenters. The zero-order valence-electron chi connectivity index (χ0n) is 12.2. The number of carbonyl (C=O) groups excluding carboxylic acids is 1. The van der Waals surface area contributed by atoms with Gasteiger partial charge in [-0.05, 0) is 37.6 Å². The summed E-state index contributed by atoms with van der Waals surface area (Å²) < 4.78 is 0. The fourth-order valence-corrected chi connectivity index (χ4v) is 2.85. The van der Waals surface area contributed by atoms with E-state index in [9.17, 15) is 4.79 Å². The van der Waals surface area contributed by atoms with Gasteiger partial charge in [-0.1, -0.05) is 6.92 Å². The molecule has 0 bridgehead atoms. The van der Waals surface area contributed by atoms with Crippen molar-refractivity contribution in [2.45, 2.75) is 25.8 Å². The first kappa shape index (κ1) is 13.9. The Morgan fingerprint density at radius 1 is 1.24 bits per heavy atom. The van der Waals surface area contributed by atoms with Crippen LogP contribution in [0.25, 0.3) is 11.0 Å². The van der Waals surface area contributed by atoms with Crippen molar-refractivity contribution < 1.29 is 4.79 Å². The van der Waals surface area contributed by atoms with E-state index in [1.165, 1.54) is 0 Å². The van der Waals surface area contributed by atoms with Crippen molar-refractivity contribution in [2.24, 2.45) is 0 Å². The summed E-state index contributed by atoms with van der Waals surface area (Å²) in [6.45, 7) is 4.74. The summed E-state index contributed by atoms with van der Waals surface area (Å²) in [5, 5.41) is 3.45. The molecule has 0 saturated carbocycles. The molecule has 0 aliphatic carbocycles. The van der Waals surface area contributed by atoms with Crippen molar-refractivity contribution in [1.29, 1.82) is 0 Å². The fraction of sp³-hybridized carbons (Fsp3) is 0.438. The summed E-state index contributed by atoms with van der Waals surface area (Å²) in [6, 6.07) is 6.08. The number of likely N-dealkylation sites (tertiary alicyclic amines) is 1.